The van der Waals surface area contributed by atoms with Gasteiger partial charge in [0.05, 0.1) is 12.1 Å². The van der Waals surface area contributed by atoms with Gasteiger partial charge in [-0.2, -0.15) is 0 Å². The Morgan fingerprint density at radius 2 is 2.04 bits per heavy atom. The van der Waals surface area contributed by atoms with Crippen molar-refractivity contribution in [3.05, 3.63) is 69.0 Å². The Hall–Kier alpha value is -1.80. The lowest BCUT2D eigenvalue weighted by Crippen LogP contribution is -2.14. The minimum atomic E-state index is -0.296. The number of carbonyl (C=O) groups excluding carboxylic acids is 1. The van der Waals surface area contributed by atoms with E-state index in [1.54, 1.807) is 12.1 Å². The lowest BCUT2D eigenvalue weighted by atomic mass is 10.2. The average molecular weight is 438 g/mol. The number of halogens is 2. The second-order valence-corrected chi connectivity index (χ2v) is 6.99. The van der Waals surface area contributed by atoms with Crippen molar-refractivity contribution in [3.63, 3.8) is 0 Å². The van der Waals surface area contributed by atoms with Crippen LogP contribution >= 0.6 is 33.9 Å². The Bertz CT molecular complexity index is 850. The van der Waals surface area contributed by atoms with Crippen molar-refractivity contribution < 1.29 is 9.18 Å². The average Bonchev–Trinajstić information content (AvgIpc) is 2.95. The summed E-state index contributed by atoms with van der Waals surface area (Å²) in [6.45, 7) is 0. The molecule has 0 aliphatic heterocycles. The molecule has 1 heterocycles. The number of rotatable bonds is 4. The van der Waals surface area contributed by atoms with Gasteiger partial charge in [0.2, 0.25) is 5.91 Å². The second kappa shape index (κ2) is 7.18. The second-order valence-electron chi connectivity index (χ2n) is 4.89. The summed E-state index contributed by atoms with van der Waals surface area (Å²) in [6.07, 6.45) is 0.192. The maximum absolute atomic E-state index is 13.3. The maximum Gasteiger partial charge on any atom is 0.230 e. The molecule has 116 valence electrons. The summed E-state index contributed by atoms with van der Waals surface area (Å²) in [5, 5.41) is 5.39. The van der Waals surface area contributed by atoms with Crippen molar-refractivity contribution in [2.75, 3.05) is 5.32 Å². The molecule has 0 radical (unpaired) electrons. The van der Waals surface area contributed by atoms with Gasteiger partial charge < -0.3 is 5.32 Å². The number of amides is 1. The smallest absolute Gasteiger partial charge is 0.230 e. The molecule has 3 rings (SSSR count). The first-order valence-corrected chi connectivity index (χ1v) is 8.82. The fourth-order valence-electron chi connectivity index (χ4n) is 2.08. The van der Waals surface area contributed by atoms with Crippen molar-refractivity contribution >= 4 is 45.5 Å². The van der Waals surface area contributed by atoms with Crippen LogP contribution in [0.15, 0.2) is 53.9 Å². The first-order chi connectivity index (χ1) is 11.1. The van der Waals surface area contributed by atoms with Gasteiger partial charge in [-0.25, -0.2) is 9.37 Å². The summed E-state index contributed by atoms with van der Waals surface area (Å²) < 4.78 is 14.3. The van der Waals surface area contributed by atoms with E-state index >= 15 is 0 Å². The largest absolute Gasteiger partial charge is 0.326 e. The van der Waals surface area contributed by atoms with Crippen LogP contribution in [0.1, 0.15) is 5.69 Å². The van der Waals surface area contributed by atoms with E-state index in [-0.39, 0.29) is 18.1 Å². The van der Waals surface area contributed by atoms with E-state index in [4.69, 9.17) is 0 Å². The quantitative estimate of drug-likeness (QED) is 0.599. The Labute approximate surface area is 150 Å². The molecular formula is C17H12FIN2OS. The molecule has 0 aliphatic carbocycles. The van der Waals surface area contributed by atoms with Crippen LogP contribution < -0.4 is 5.32 Å². The van der Waals surface area contributed by atoms with Gasteiger partial charge in [0.1, 0.15) is 10.8 Å². The maximum atomic E-state index is 13.3. The minimum absolute atomic E-state index is 0.122. The van der Waals surface area contributed by atoms with E-state index in [0.29, 0.717) is 10.7 Å². The van der Waals surface area contributed by atoms with Crippen LogP contribution in [-0.4, -0.2) is 10.9 Å². The summed E-state index contributed by atoms with van der Waals surface area (Å²) in [7, 11) is 0. The molecule has 0 unspecified atom stereocenters. The Morgan fingerprint density at radius 1 is 1.22 bits per heavy atom. The van der Waals surface area contributed by atoms with Crippen LogP contribution in [-0.2, 0) is 11.2 Å². The van der Waals surface area contributed by atoms with Crippen molar-refractivity contribution in [2.24, 2.45) is 0 Å². The fourth-order valence-corrected chi connectivity index (χ4v) is 3.44. The SMILES string of the molecule is O=C(Cc1csc(-c2cccc(F)c2)n1)Nc1cccc(I)c1. The van der Waals surface area contributed by atoms with Crippen molar-refractivity contribution in [1.82, 2.24) is 4.98 Å². The molecule has 0 fully saturated rings. The third-order valence-electron chi connectivity index (χ3n) is 3.07. The van der Waals surface area contributed by atoms with Crippen molar-refractivity contribution in [3.8, 4) is 10.6 Å². The number of aromatic nitrogens is 1. The molecule has 3 aromatic rings. The fraction of sp³-hybridized carbons (Fsp3) is 0.0588. The lowest BCUT2D eigenvalue weighted by molar-refractivity contribution is -0.115. The number of nitrogens with one attached hydrogen (secondary N) is 1. The predicted molar refractivity (Wildman–Crippen MR) is 99.0 cm³/mol. The first kappa shape index (κ1) is 16.1. The van der Waals surface area contributed by atoms with Crippen LogP contribution in [0, 0.1) is 9.39 Å². The highest BCUT2D eigenvalue weighted by Gasteiger charge is 2.10. The van der Waals surface area contributed by atoms with Crippen LogP contribution in [0.4, 0.5) is 10.1 Å². The number of nitrogens with zero attached hydrogens (tertiary/aromatic N) is 1. The van der Waals surface area contributed by atoms with E-state index in [9.17, 15) is 9.18 Å². The highest BCUT2D eigenvalue weighted by Crippen LogP contribution is 2.24. The van der Waals surface area contributed by atoms with Crippen molar-refractivity contribution in [2.45, 2.75) is 6.42 Å². The van der Waals surface area contributed by atoms with Crippen LogP contribution in [0.25, 0.3) is 10.6 Å². The number of hydrogen-bond acceptors (Lipinski definition) is 3. The van der Waals surface area contributed by atoms with E-state index in [1.165, 1.54) is 23.5 Å². The summed E-state index contributed by atoms with van der Waals surface area (Å²) in [4.78, 5) is 16.5. The zero-order chi connectivity index (χ0) is 16.2. The topological polar surface area (TPSA) is 42.0 Å². The molecule has 23 heavy (non-hydrogen) atoms. The van der Waals surface area contributed by atoms with Gasteiger partial charge in [-0.1, -0.05) is 18.2 Å². The molecule has 0 saturated heterocycles. The van der Waals surface area contributed by atoms with E-state index in [1.807, 2.05) is 29.6 Å². The summed E-state index contributed by atoms with van der Waals surface area (Å²) in [5.74, 6) is -0.418. The van der Waals surface area contributed by atoms with Gasteiger partial charge in [-0.15, -0.1) is 11.3 Å². The van der Waals surface area contributed by atoms with E-state index in [2.05, 4.69) is 32.9 Å². The monoisotopic (exact) mass is 438 g/mol. The zero-order valence-corrected chi connectivity index (χ0v) is 14.9. The Kier molecular flexibility index (Phi) is 5.02. The molecular weight excluding hydrogens is 426 g/mol. The summed E-state index contributed by atoms with van der Waals surface area (Å²) >= 11 is 3.60. The van der Waals surface area contributed by atoms with Gasteiger partial charge in [0.25, 0.3) is 0 Å². The molecule has 0 spiro atoms. The Balaban J connectivity index is 1.68. The number of carbonyl (C=O) groups is 1. The van der Waals surface area contributed by atoms with Crippen LogP contribution in [0.3, 0.4) is 0 Å². The molecule has 1 N–H and O–H groups in total. The Morgan fingerprint density at radius 3 is 2.83 bits per heavy atom. The van der Waals surface area contributed by atoms with Crippen LogP contribution in [0.2, 0.25) is 0 Å². The molecule has 1 amide bonds. The normalized spacial score (nSPS) is 10.5. The first-order valence-electron chi connectivity index (χ1n) is 6.86. The standard InChI is InChI=1S/C17H12FIN2OS/c18-12-4-1-3-11(7-12)17-21-15(10-23-17)9-16(22)20-14-6-2-5-13(19)8-14/h1-8,10H,9H2,(H,20,22). The third-order valence-corrected chi connectivity index (χ3v) is 4.68. The van der Waals surface area contributed by atoms with Crippen molar-refractivity contribution in [1.29, 1.82) is 0 Å². The minimum Gasteiger partial charge on any atom is -0.326 e. The number of thiazole rings is 1. The third kappa shape index (κ3) is 4.35. The van der Waals surface area contributed by atoms with E-state index in [0.717, 1.165) is 14.8 Å². The molecule has 0 aliphatic rings. The highest BCUT2D eigenvalue weighted by molar-refractivity contribution is 14.1. The molecule has 1 aromatic heterocycles. The highest BCUT2D eigenvalue weighted by atomic mass is 127. The lowest BCUT2D eigenvalue weighted by Gasteiger charge is -2.04. The summed E-state index contributed by atoms with van der Waals surface area (Å²) in [6, 6.07) is 13.9. The van der Waals surface area contributed by atoms with Gasteiger partial charge in [0.15, 0.2) is 0 Å². The van der Waals surface area contributed by atoms with Gasteiger partial charge in [-0.05, 0) is 52.9 Å². The number of hydrogen-bond donors (Lipinski definition) is 1. The predicted octanol–water partition coefficient (Wildman–Crippen LogP) is 4.74. The molecule has 0 saturated carbocycles. The molecule has 3 nitrogen and oxygen atoms in total. The summed E-state index contributed by atoms with van der Waals surface area (Å²) in [5.41, 5.74) is 2.17. The number of anilines is 1. The number of benzene rings is 2. The zero-order valence-electron chi connectivity index (χ0n) is 11.9. The molecule has 2 aromatic carbocycles. The molecule has 6 heteroatoms. The molecule has 0 atom stereocenters. The van der Waals surface area contributed by atoms with Crippen LogP contribution in [0.5, 0.6) is 0 Å². The molecule has 0 bridgehead atoms. The van der Waals surface area contributed by atoms with Gasteiger partial charge >= 0.3 is 0 Å². The van der Waals surface area contributed by atoms with Gasteiger partial charge in [-0.3, -0.25) is 4.79 Å². The van der Waals surface area contributed by atoms with Gasteiger partial charge in [0, 0.05) is 20.2 Å². The van der Waals surface area contributed by atoms with E-state index < -0.39 is 0 Å².